The van der Waals surface area contributed by atoms with Crippen molar-refractivity contribution in [1.82, 2.24) is 0 Å². The zero-order valence-electron chi connectivity index (χ0n) is 12.1. The molecule has 0 aromatic heterocycles. The minimum absolute atomic E-state index is 0. The Hall–Kier alpha value is -1.15. The number of benzene rings is 2. The van der Waals surface area contributed by atoms with Crippen molar-refractivity contribution >= 4 is 51.6 Å². The number of halogens is 3. The lowest BCUT2D eigenvalue weighted by molar-refractivity contribution is 0.609. The van der Waals surface area contributed by atoms with Gasteiger partial charge >= 0.3 is 0 Å². The quantitative estimate of drug-likeness (QED) is 0.387. The Labute approximate surface area is 155 Å². The van der Waals surface area contributed by atoms with Crippen molar-refractivity contribution in [2.24, 2.45) is 10.7 Å². The third-order valence-electron chi connectivity index (χ3n) is 3.00. The highest BCUT2D eigenvalue weighted by molar-refractivity contribution is 14.0. The van der Waals surface area contributed by atoms with Crippen LogP contribution in [-0.4, -0.2) is 12.5 Å². The molecule has 3 nitrogen and oxygen atoms in total. The van der Waals surface area contributed by atoms with Crippen molar-refractivity contribution in [2.45, 2.75) is 13.3 Å². The van der Waals surface area contributed by atoms with Gasteiger partial charge in [0.2, 0.25) is 0 Å². The fourth-order valence-corrected chi connectivity index (χ4v) is 2.26. The van der Waals surface area contributed by atoms with E-state index in [1.165, 1.54) is 11.6 Å². The lowest BCUT2D eigenvalue weighted by Crippen LogP contribution is -2.23. The van der Waals surface area contributed by atoms with E-state index in [9.17, 15) is 4.39 Å². The maximum absolute atomic E-state index is 13.6. The Bertz CT molecular complexity index is 644. The van der Waals surface area contributed by atoms with Crippen LogP contribution in [0, 0.1) is 12.7 Å². The van der Waals surface area contributed by atoms with Gasteiger partial charge in [0.1, 0.15) is 5.82 Å². The van der Waals surface area contributed by atoms with Gasteiger partial charge in [-0.2, -0.15) is 0 Å². The summed E-state index contributed by atoms with van der Waals surface area (Å²) in [6.45, 7) is 2.45. The number of hydrogen-bond donors (Lipinski definition) is 2. The van der Waals surface area contributed by atoms with Crippen LogP contribution in [0.5, 0.6) is 0 Å². The summed E-state index contributed by atoms with van der Waals surface area (Å²) in [5.74, 6) is 0.104. The number of nitrogens with one attached hydrogen (secondary N) is 1. The van der Waals surface area contributed by atoms with E-state index in [4.69, 9.17) is 5.73 Å². The molecule has 0 atom stereocenters. The number of aliphatic imine (C=N–C) groups is 1. The third-order valence-corrected chi connectivity index (χ3v) is 3.49. The molecule has 0 aliphatic rings. The van der Waals surface area contributed by atoms with Crippen LogP contribution >= 0.6 is 39.9 Å². The first-order chi connectivity index (χ1) is 10.0. The molecule has 2 aromatic carbocycles. The van der Waals surface area contributed by atoms with Crippen LogP contribution in [0.3, 0.4) is 0 Å². The summed E-state index contributed by atoms with van der Waals surface area (Å²) in [4.78, 5) is 4.21. The van der Waals surface area contributed by atoms with Gasteiger partial charge in [0.15, 0.2) is 5.96 Å². The standard InChI is InChI=1S/C16H17BrFN3.HI/c1-11-2-5-14(6-3-11)21-16(19)20-9-8-12-10-13(17)4-7-15(12)18;/h2-7,10H,8-9H2,1H3,(H3,19,20,21);1H. The molecule has 0 aliphatic heterocycles. The second-order valence-electron chi connectivity index (χ2n) is 4.74. The molecule has 0 radical (unpaired) electrons. The molecule has 3 N–H and O–H groups in total. The van der Waals surface area contributed by atoms with Crippen molar-refractivity contribution in [1.29, 1.82) is 0 Å². The number of nitrogens with zero attached hydrogens (tertiary/aromatic N) is 1. The second kappa shape index (κ2) is 9.09. The SMILES string of the molecule is Cc1ccc(NC(N)=NCCc2cc(Br)ccc2F)cc1.I. The molecule has 0 spiro atoms. The molecule has 6 heteroatoms. The Morgan fingerprint density at radius 3 is 2.59 bits per heavy atom. The molecule has 22 heavy (non-hydrogen) atoms. The van der Waals surface area contributed by atoms with Crippen molar-refractivity contribution < 1.29 is 4.39 Å². The minimum atomic E-state index is -0.224. The predicted molar refractivity (Wildman–Crippen MR) is 105 cm³/mol. The molecule has 2 aromatic rings. The highest BCUT2D eigenvalue weighted by Crippen LogP contribution is 2.16. The van der Waals surface area contributed by atoms with E-state index < -0.39 is 0 Å². The maximum atomic E-state index is 13.6. The van der Waals surface area contributed by atoms with Crippen molar-refractivity contribution in [3.63, 3.8) is 0 Å². The van der Waals surface area contributed by atoms with Crippen LogP contribution in [-0.2, 0) is 6.42 Å². The van der Waals surface area contributed by atoms with E-state index in [0.29, 0.717) is 24.5 Å². The first-order valence-corrected chi connectivity index (χ1v) is 7.41. The van der Waals surface area contributed by atoms with Gasteiger partial charge in [-0.1, -0.05) is 33.6 Å². The van der Waals surface area contributed by atoms with E-state index in [2.05, 4.69) is 26.2 Å². The van der Waals surface area contributed by atoms with Crippen LogP contribution < -0.4 is 11.1 Å². The smallest absolute Gasteiger partial charge is 0.193 e. The monoisotopic (exact) mass is 477 g/mol. The Morgan fingerprint density at radius 2 is 1.91 bits per heavy atom. The van der Waals surface area contributed by atoms with Gasteiger partial charge in [0.05, 0.1) is 0 Å². The van der Waals surface area contributed by atoms with Crippen LogP contribution in [0.15, 0.2) is 51.9 Å². The number of hydrogen-bond acceptors (Lipinski definition) is 1. The highest BCUT2D eigenvalue weighted by Gasteiger charge is 2.02. The fraction of sp³-hybridized carbons (Fsp3) is 0.188. The number of aryl methyl sites for hydroxylation is 1. The molecular weight excluding hydrogens is 460 g/mol. The minimum Gasteiger partial charge on any atom is -0.370 e. The topological polar surface area (TPSA) is 50.4 Å². The molecule has 0 bridgehead atoms. The summed E-state index contributed by atoms with van der Waals surface area (Å²) in [5.41, 5.74) is 8.50. The molecule has 2 rings (SSSR count). The van der Waals surface area contributed by atoms with E-state index in [1.807, 2.05) is 31.2 Å². The normalized spacial score (nSPS) is 11.0. The molecular formula is C16H18BrFIN3. The van der Waals surface area contributed by atoms with Gasteiger partial charge in [-0.25, -0.2) is 4.39 Å². The van der Waals surface area contributed by atoms with E-state index >= 15 is 0 Å². The van der Waals surface area contributed by atoms with E-state index in [-0.39, 0.29) is 29.8 Å². The van der Waals surface area contributed by atoms with Crippen LogP contribution in [0.4, 0.5) is 10.1 Å². The average molecular weight is 478 g/mol. The molecule has 0 heterocycles. The molecule has 0 amide bonds. The van der Waals surface area contributed by atoms with Crippen LogP contribution in [0.2, 0.25) is 0 Å². The summed E-state index contributed by atoms with van der Waals surface area (Å²) in [5, 5.41) is 3.01. The molecule has 0 unspecified atom stereocenters. The largest absolute Gasteiger partial charge is 0.370 e. The number of guanidine groups is 1. The summed E-state index contributed by atoms with van der Waals surface area (Å²) >= 11 is 3.33. The van der Waals surface area contributed by atoms with Crippen molar-refractivity contribution in [2.75, 3.05) is 11.9 Å². The van der Waals surface area contributed by atoms with E-state index in [1.54, 1.807) is 12.1 Å². The summed E-state index contributed by atoms with van der Waals surface area (Å²) in [6, 6.07) is 12.7. The Kier molecular flexibility index (Phi) is 7.81. The summed E-state index contributed by atoms with van der Waals surface area (Å²) < 4.78 is 14.4. The first-order valence-electron chi connectivity index (χ1n) is 6.62. The molecule has 0 saturated carbocycles. The highest BCUT2D eigenvalue weighted by atomic mass is 127. The van der Waals surface area contributed by atoms with E-state index in [0.717, 1.165) is 10.2 Å². The van der Waals surface area contributed by atoms with Gasteiger partial charge < -0.3 is 11.1 Å². The first kappa shape index (κ1) is 18.9. The fourth-order valence-electron chi connectivity index (χ4n) is 1.86. The molecule has 118 valence electrons. The van der Waals surface area contributed by atoms with Gasteiger partial charge in [0.25, 0.3) is 0 Å². The Morgan fingerprint density at radius 1 is 1.23 bits per heavy atom. The van der Waals surface area contributed by atoms with Gasteiger partial charge in [0, 0.05) is 16.7 Å². The van der Waals surface area contributed by atoms with Crippen molar-refractivity contribution in [3.05, 3.63) is 63.9 Å². The third kappa shape index (κ3) is 5.92. The molecule has 0 aliphatic carbocycles. The zero-order valence-corrected chi connectivity index (χ0v) is 16.1. The summed E-state index contributed by atoms with van der Waals surface area (Å²) in [7, 11) is 0. The number of anilines is 1. The molecule has 0 fully saturated rings. The molecule has 0 saturated heterocycles. The van der Waals surface area contributed by atoms with Crippen LogP contribution in [0.1, 0.15) is 11.1 Å². The Balaban J connectivity index is 0.00000242. The average Bonchev–Trinajstić information content (AvgIpc) is 2.45. The van der Waals surface area contributed by atoms with Crippen LogP contribution in [0.25, 0.3) is 0 Å². The summed E-state index contributed by atoms with van der Waals surface area (Å²) in [6.07, 6.45) is 0.502. The predicted octanol–water partition coefficient (Wildman–Crippen LogP) is 4.48. The van der Waals surface area contributed by atoms with Gasteiger partial charge in [-0.3, -0.25) is 4.99 Å². The lowest BCUT2D eigenvalue weighted by Gasteiger charge is -2.06. The maximum Gasteiger partial charge on any atom is 0.193 e. The van der Waals surface area contributed by atoms with Gasteiger partial charge in [-0.05, 0) is 49.2 Å². The van der Waals surface area contributed by atoms with Gasteiger partial charge in [-0.15, -0.1) is 24.0 Å². The number of nitrogens with two attached hydrogens (primary N) is 1. The number of rotatable bonds is 4. The lowest BCUT2D eigenvalue weighted by atomic mass is 10.1. The zero-order chi connectivity index (χ0) is 15.2. The van der Waals surface area contributed by atoms with Crippen molar-refractivity contribution in [3.8, 4) is 0 Å². The second-order valence-corrected chi connectivity index (χ2v) is 5.66.